The van der Waals surface area contributed by atoms with Crippen LogP contribution in [0.25, 0.3) is 11.4 Å². The van der Waals surface area contributed by atoms with Gasteiger partial charge >= 0.3 is 0 Å². The third-order valence-corrected chi connectivity index (χ3v) is 5.28. The average Bonchev–Trinajstić information content (AvgIpc) is 3.05. The van der Waals surface area contributed by atoms with E-state index in [1.807, 2.05) is 42.5 Å². The molecule has 0 fully saturated rings. The Kier molecular flexibility index (Phi) is 6.04. The van der Waals surface area contributed by atoms with Gasteiger partial charge in [-0.15, -0.1) is 10.2 Å². The van der Waals surface area contributed by atoms with Crippen LogP contribution in [0.3, 0.4) is 0 Å². The maximum absolute atomic E-state index is 12.1. The fourth-order valence-corrected chi connectivity index (χ4v) is 3.36. The molecule has 28 heavy (non-hydrogen) atoms. The second kappa shape index (κ2) is 8.48. The summed E-state index contributed by atoms with van der Waals surface area (Å²) in [5.74, 6) is 6.88. The molecule has 0 spiro atoms. The van der Waals surface area contributed by atoms with Gasteiger partial charge in [-0.05, 0) is 16.5 Å². The van der Waals surface area contributed by atoms with Crippen LogP contribution in [0.4, 0.5) is 0 Å². The van der Waals surface area contributed by atoms with E-state index < -0.39 is 0 Å². The Bertz CT molecular complexity index is 930. The first-order valence-corrected chi connectivity index (χ1v) is 10.1. The monoisotopic (exact) mass is 395 g/mol. The Morgan fingerprint density at radius 2 is 1.75 bits per heavy atom. The molecule has 6 nitrogen and oxygen atoms in total. The van der Waals surface area contributed by atoms with Crippen molar-refractivity contribution in [2.75, 3.05) is 11.6 Å². The van der Waals surface area contributed by atoms with Crippen molar-refractivity contribution in [2.24, 2.45) is 0 Å². The van der Waals surface area contributed by atoms with Crippen LogP contribution in [0, 0.1) is 0 Å². The van der Waals surface area contributed by atoms with Gasteiger partial charge in [0.1, 0.15) is 0 Å². The summed E-state index contributed by atoms with van der Waals surface area (Å²) in [5.41, 5.74) is 3.28. The first kappa shape index (κ1) is 19.9. The summed E-state index contributed by atoms with van der Waals surface area (Å²) in [6.07, 6.45) is 0. The van der Waals surface area contributed by atoms with E-state index in [0.717, 1.165) is 11.1 Å². The van der Waals surface area contributed by atoms with Gasteiger partial charge in [-0.25, -0.2) is 4.68 Å². The number of carbonyl (C=O) groups is 1. The molecular weight excluding hydrogens is 370 g/mol. The number of hydrogen-bond donors (Lipinski definition) is 2. The van der Waals surface area contributed by atoms with Crippen LogP contribution < -0.4 is 11.2 Å². The van der Waals surface area contributed by atoms with Gasteiger partial charge in [-0.2, -0.15) is 0 Å². The van der Waals surface area contributed by atoms with Gasteiger partial charge in [0.05, 0.1) is 5.75 Å². The Morgan fingerprint density at radius 1 is 1.07 bits per heavy atom. The summed E-state index contributed by atoms with van der Waals surface area (Å²) in [6.45, 7) is 7.02. The minimum atomic E-state index is -0.0760. The Morgan fingerprint density at radius 3 is 2.39 bits per heavy atom. The lowest BCUT2D eigenvalue weighted by Gasteiger charge is -2.19. The second-order valence-corrected chi connectivity index (χ2v) is 8.50. The molecule has 0 aliphatic carbocycles. The molecule has 0 unspecified atom stereocenters. The second-order valence-electron chi connectivity index (χ2n) is 7.55. The molecule has 1 aromatic heterocycles. The number of benzene rings is 2. The maximum Gasteiger partial charge on any atom is 0.230 e. The standard InChI is InChI=1S/C21H25N5OS/c1-21(2,3)17-11-9-16(10-12-17)19-24-25-20(26(19)22)28-14-18(27)23-13-15-7-5-4-6-8-15/h4-12H,13-14,22H2,1-3H3,(H,23,27). The van der Waals surface area contributed by atoms with E-state index in [1.54, 1.807) is 0 Å². The minimum absolute atomic E-state index is 0.0760. The number of nitrogens with two attached hydrogens (primary N) is 1. The Balaban J connectivity index is 1.59. The summed E-state index contributed by atoms with van der Waals surface area (Å²) < 4.78 is 1.43. The van der Waals surface area contributed by atoms with E-state index in [1.165, 1.54) is 22.0 Å². The number of amides is 1. The van der Waals surface area contributed by atoms with Crippen molar-refractivity contribution in [3.63, 3.8) is 0 Å². The van der Waals surface area contributed by atoms with Crippen LogP contribution in [0.2, 0.25) is 0 Å². The molecule has 0 saturated carbocycles. The van der Waals surface area contributed by atoms with Gasteiger partial charge in [0.15, 0.2) is 5.82 Å². The van der Waals surface area contributed by atoms with Gasteiger partial charge in [0, 0.05) is 12.1 Å². The Labute approximate surface area is 169 Å². The Hall–Kier alpha value is -2.80. The first-order chi connectivity index (χ1) is 13.3. The lowest BCUT2D eigenvalue weighted by molar-refractivity contribution is -0.118. The third-order valence-electron chi connectivity index (χ3n) is 4.34. The number of carbonyl (C=O) groups excluding carboxylic acids is 1. The molecule has 1 heterocycles. The molecule has 0 aliphatic rings. The van der Waals surface area contributed by atoms with Crippen molar-refractivity contribution >= 4 is 17.7 Å². The van der Waals surface area contributed by atoms with Crippen LogP contribution in [0.15, 0.2) is 59.8 Å². The average molecular weight is 396 g/mol. The third kappa shape index (κ3) is 4.92. The molecule has 3 rings (SSSR count). The molecule has 146 valence electrons. The summed E-state index contributed by atoms with van der Waals surface area (Å²) >= 11 is 1.27. The molecule has 0 saturated heterocycles. The number of hydrogen-bond acceptors (Lipinski definition) is 5. The van der Waals surface area contributed by atoms with E-state index in [9.17, 15) is 4.79 Å². The molecule has 0 atom stereocenters. The summed E-state index contributed by atoms with van der Waals surface area (Å²) in [5, 5.41) is 11.7. The topological polar surface area (TPSA) is 85.8 Å². The highest BCUT2D eigenvalue weighted by atomic mass is 32.2. The van der Waals surface area contributed by atoms with Gasteiger partial charge < -0.3 is 11.2 Å². The van der Waals surface area contributed by atoms with Gasteiger partial charge in [0.2, 0.25) is 11.1 Å². The SMILES string of the molecule is CC(C)(C)c1ccc(-c2nnc(SCC(=O)NCc3ccccc3)n2N)cc1. The number of nitrogen functional groups attached to an aromatic ring is 1. The van der Waals surface area contributed by atoms with Gasteiger partial charge in [-0.3, -0.25) is 4.79 Å². The molecular formula is C21H25N5OS. The van der Waals surface area contributed by atoms with Crippen LogP contribution in [0.5, 0.6) is 0 Å². The number of nitrogens with one attached hydrogen (secondary N) is 1. The number of thioether (sulfide) groups is 1. The minimum Gasteiger partial charge on any atom is -0.351 e. The lowest BCUT2D eigenvalue weighted by atomic mass is 9.87. The van der Waals surface area contributed by atoms with Gasteiger partial charge in [-0.1, -0.05) is 87.1 Å². The zero-order valence-electron chi connectivity index (χ0n) is 16.3. The van der Waals surface area contributed by atoms with Crippen LogP contribution >= 0.6 is 11.8 Å². The van der Waals surface area contributed by atoms with E-state index in [2.05, 4.69) is 48.4 Å². The molecule has 1 amide bonds. The number of nitrogens with zero attached hydrogens (tertiary/aromatic N) is 3. The summed E-state index contributed by atoms with van der Waals surface area (Å²) in [4.78, 5) is 12.1. The van der Waals surface area contributed by atoms with E-state index in [0.29, 0.717) is 17.5 Å². The van der Waals surface area contributed by atoms with Crippen LogP contribution in [-0.2, 0) is 16.8 Å². The van der Waals surface area contributed by atoms with Crippen LogP contribution in [-0.4, -0.2) is 26.5 Å². The first-order valence-electron chi connectivity index (χ1n) is 9.09. The number of aromatic nitrogens is 3. The highest BCUT2D eigenvalue weighted by Gasteiger charge is 2.16. The van der Waals surface area contributed by atoms with E-state index in [-0.39, 0.29) is 17.1 Å². The molecule has 0 radical (unpaired) electrons. The fourth-order valence-electron chi connectivity index (χ4n) is 2.67. The predicted octanol–water partition coefficient (Wildman–Crippen LogP) is 3.36. The zero-order chi connectivity index (χ0) is 20.1. The largest absolute Gasteiger partial charge is 0.351 e. The van der Waals surface area contributed by atoms with Crippen LogP contribution in [0.1, 0.15) is 31.9 Å². The van der Waals surface area contributed by atoms with Gasteiger partial charge in [0.25, 0.3) is 0 Å². The van der Waals surface area contributed by atoms with E-state index in [4.69, 9.17) is 5.84 Å². The molecule has 7 heteroatoms. The van der Waals surface area contributed by atoms with Crippen molar-refractivity contribution in [1.82, 2.24) is 20.2 Å². The normalized spacial score (nSPS) is 11.4. The molecule has 3 aromatic rings. The highest BCUT2D eigenvalue weighted by Crippen LogP contribution is 2.26. The van der Waals surface area contributed by atoms with Crippen molar-refractivity contribution in [2.45, 2.75) is 37.9 Å². The highest BCUT2D eigenvalue weighted by molar-refractivity contribution is 7.99. The van der Waals surface area contributed by atoms with Crippen molar-refractivity contribution in [1.29, 1.82) is 0 Å². The fraction of sp³-hybridized carbons (Fsp3) is 0.286. The van der Waals surface area contributed by atoms with E-state index >= 15 is 0 Å². The van der Waals surface area contributed by atoms with Crippen molar-refractivity contribution in [3.05, 3.63) is 65.7 Å². The molecule has 3 N–H and O–H groups in total. The quantitative estimate of drug-likeness (QED) is 0.494. The predicted molar refractivity (Wildman–Crippen MR) is 113 cm³/mol. The van der Waals surface area contributed by atoms with Crippen molar-refractivity contribution < 1.29 is 4.79 Å². The number of rotatable bonds is 6. The molecule has 0 aliphatic heterocycles. The molecule has 2 aromatic carbocycles. The van der Waals surface area contributed by atoms with Crippen molar-refractivity contribution in [3.8, 4) is 11.4 Å². The summed E-state index contributed by atoms with van der Waals surface area (Å²) in [6, 6.07) is 17.9. The maximum atomic E-state index is 12.1. The lowest BCUT2D eigenvalue weighted by Crippen LogP contribution is -2.25. The smallest absolute Gasteiger partial charge is 0.230 e. The summed E-state index contributed by atoms with van der Waals surface area (Å²) in [7, 11) is 0. The zero-order valence-corrected chi connectivity index (χ0v) is 17.2. The molecule has 0 bridgehead atoms.